The molecule has 5 heteroatoms. The summed E-state index contributed by atoms with van der Waals surface area (Å²) in [5.74, 6) is 0.698. The van der Waals surface area contributed by atoms with Crippen LogP contribution in [-0.2, 0) is 0 Å². The van der Waals surface area contributed by atoms with Gasteiger partial charge in [0.15, 0.2) is 0 Å². The van der Waals surface area contributed by atoms with Crippen molar-refractivity contribution in [1.29, 1.82) is 0 Å². The smallest absolute Gasteiger partial charge is 0.237 e. The first kappa shape index (κ1) is 13.7. The number of fused-ring (bicyclic) bond motifs is 1. The molecule has 0 radical (unpaired) electrons. The van der Waals surface area contributed by atoms with E-state index in [1.165, 1.54) is 11.1 Å². The fourth-order valence-corrected chi connectivity index (χ4v) is 2.87. The van der Waals surface area contributed by atoms with Crippen LogP contribution in [0.5, 0.6) is 5.88 Å². The predicted molar refractivity (Wildman–Crippen MR) is 86.6 cm³/mol. The molecule has 0 atom stereocenters. The first-order valence-electron chi connectivity index (χ1n) is 7.17. The zero-order valence-electron chi connectivity index (χ0n) is 12.4. The van der Waals surface area contributed by atoms with Crippen LogP contribution in [0.4, 0.5) is 11.4 Å². The fourth-order valence-electron chi connectivity index (χ4n) is 2.87. The van der Waals surface area contributed by atoms with Crippen LogP contribution in [0.1, 0.15) is 12.0 Å². The monoisotopic (exact) mass is 284 g/mol. The zero-order valence-corrected chi connectivity index (χ0v) is 12.4. The normalized spacial score (nSPS) is 17.7. The third-order valence-corrected chi connectivity index (χ3v) is 4.06. The molecular weight excluding hydrogens is 264 g/mol. The molecule has 2 aliphatic rings. The van der Waals surface area contributed by atoms with Crippen LogP contribution < -0.4 is 15.0 Å². The third kappa shape index (κ3) is 2.39. The lowest BCUT2D eigenvalue weighted by Gasteiger charge is -2.32. The van der Waals surface area contributed by atoms with Crippen LogP contribution in [0.2, 0.25) is 0 Å². The van der Waals surface area contributed by atoms with E-state index in [0.29, 0.717) is 12.5 Å². The molecule has 21 heavy (non-hydrogen) atoms. The number of nitrogens with zero attached hydrogens (tertiary/aromatic N) is 3. The molecule has 0 unspecified atom stereocenters. The number of allylic oxidation sites excluding steroid dienone is 1. The average Bonchev–Trinajstić information content (AvgIpc) is 2.55. The summed E-state index contributed by atoms with van der Waals surface area (Å²) in [5, 5.41) is 3.38. The summed E-state index contributed by atoms with van der Waals surface area (Å²) in [7, 11) is 0. The lowest BCUT2D eigenvalue weighted by atomic mass is 10.0. The molecule has 1 N–H and O–H groups in total. The van der Waals surface area contributed by atoms with Gasteiger partial charge in [-0.15, -0.1) is 0 Å². The summed E-state index contributed by atoms with van der Waals surface area (Å²) in [6, 6.07) is 0. The van der Waals surface area contributed by atoms with Gasteiger partial charge in [-0.1, -0.05) is 12.7 Å². The Morgan fingerprint density at radius 1 is 1.52 bits per heavy atom. The van der Waals surface area contributed by atoms with Crippen molar-refractivity contribution < 1.29 is 4.74 Å². The van der Waals surface area contributed by atoms with Crippen molar-refractivity contribution in [2.75, 3.05) is 36.5 Å². The molecular formula is C16H20N4O. The minimum atomic E-state index is 0.665. The number of anilines is 2. The number of hydrogen-bond donors (Lipinski definition) is 1. The maximum atomic E-state index is 5.58. The molecule has 5 nitrogen and oxygen atoms in total. The van der Waals surface area contributed by atoms with Crippen LogP contribution >= 0.6 is 0 Å². The summed E-state index contributed by atoms with van der Waals surface area (Å²) in [6.07, 6.45) is 4.70. The Balaban J connectivity index is 1.93. The number of nitrogens with one attached hydrogen (secondary N) is 1. The molecule has 1 aromatic rings. The van der Waals surface area contributed by atoms with Gasteiger partial charge in [-0.2, -0.15) is 0 Å². The van der Waals surface area contributed by atoms with Gasteiger partial charge in [0.1, 0.15) is 12.3 Å². The molecule has 1 aromatic heterocycles. The summed E-state index contributed by atoms with van der Waals surface area (Å²) in [6.45, 7) is 12.8. The highest BCUT2D eigenvalue weighted by Crippen LogP contribution is 2.36. The van der Waals surface area contributed by atoms with Gasteiger partial charge in [0.25, 0.3) is 0 Å². The Kier molecular flexibility index (Phi) is 3.64. The number of aliphatic imine (C=N–C) groups is 1. The van der Waals surface area contributed by atoms with Crippen molar-refractivity contribution >= 4 is 18.1 Å². The minimum Gasteiger partial charge on any atom is -0.474 e. The second kappa shape index (κ2) is 5.60. The predicted octanol–water partition coefficient (Wildman–Crippen LogP) is 2.55. The molecule has 110 valence electrons. The van der Waals surface area contributed by atoms with E-state index in [4.69, 9.17) is 4.74 Å². The molecule has 3 rings (SSSR count). The molecule has 0 aliphatic carbocycles. The Bertz CT molecular complexity index is 621. The van der Waals surface area contributed by atoms with E-state index in [1.54, 1.807) is 0 Å². The van der Waals surface area contributed by atoms with E-state index in [2.05, 4.69) is 40.4 Å². The molecule has 0 bridgehead atoms. The molecule has 2 aliphatic heterocycles. The first-order valence-corrected chi connectivity index (χ1v) is 7.17. The van der Waals surface area contributed by atoms with E-state index in [-0.39, 0.29) is 0 Å². The quantitative estimate of drug-likeness (QED) is 0.867. The van der Waals surface area contributed by atoms with Gasteiger partial charge in [-0.3, -0.25) is 4.99 Å². The Labute approximate surface area is 125 Å². The van der Waals surface area contributed by atoms with Crippen molar-refractivity contribution in [3.05, 3.63) is 35.7 Å². The van der Waals surface area contributed by atoms with E-state index >= 15 is 0 Å². The number of ether oxygens (including phenoxy) is 1. The molecule has 3 heterocycles. The maximum absolute atomic E-state index is 5.58. The summed E-state index contributed by atoms with van der Waals surface area (Å²) >= 11 is 0. The van der Waals surface area contributed by atoms with Gasteiger partial charge in [-0.05, 0) is 25.6 Å². The number of hydrogen-bond acceptors (Lipinski definition) is 5. The van der Waals surface area contributed by atoms with Gasteiger partial charge in [0, 0.05) is 18.7 Å². The SMILES string of the molecule is C=CC1=C(N=C)CN(c2cnc3c(c2C)NCCO3)CC1. The second-order valence-electron chi connectivity index (χ2n) is 5.23. The standard InChI is InChI=1S/C16H20N4O/c1-4-12-5-7-20(10-13(12)17-3)14-9-19-16-15(11(14)2)18-6-8-21-16/h4,9,18H,1,3,5-8,10H2,2H3. The van der Waals surface area contributed by atoms with E-state index in [0.717, 1.165) is 43.1 Å². The lowest BCUT2D eigenvalue weighted by Crippen LogP contribution is -2.32. The molecule has 0 spiro atoms. The first-order chi connectivity index (χ1) is 10.2. The Morgan fingerprint density at radius 3 is 3.14 bits per heavy atom. The van der Waals surface area contributed by atoms with Gasteiger partial charge >= 0.3 is 0 Å². The highest BCUT2D eigenvalue weighted by molar-refractivity contribution is 5.70. The summed E-state index contributed by atoms with van der Waals surface area (Å²) in [5.41, 5.74) is 5.48. The van der Waals surface area contributed by atoms with Crippen LogP contribution in [0.25, 0.3) is 0 Å². The average molecular weight is 284 g/mol. The maximum Gasteiger partial charge on any atom is 0.237 e. The van der Waals surface area contributed by atoms with Gasteiger partial charge < -0.3 is 15.0 Å². The van der Waals surface area contributed by atoms with Gasteiger partial charge in [-0.25, -0.2) is 4.98 Å². The van der Waals surface area contributed by atoms with Crippen molar-refractivity contribution in [3.8, 4) is 5.88 Å². The van der Waals surface area contributed by atoms with Crippen LogP contribution in [-0.4, -0.2) is 37.9 Å². The van der Waals surface area contributed by atoms with Crippen molar-refractivity contribution in [3.63, 3.8) is 0 Å². The van der Waals surface area contributed by atoms with Gasteiger partial charge in [0.2, 0.25) is 5.88 Å². The van der Waals surface area contributed by atoms with Crippen molar-refractivity contribution in [2.24, 2.45) is 4.99 Å². The highest BCUT2D eigenvalue weighted by atomic mass is 16.5. The fraction of sp³-hybridized carbons (Fsp3) is 0.375. The Morgan fingerprint density at radius 2 is 2.38 bits per heavy atom. The second-order valence-corrected chi connectivity index (χ2v) is 5.23. The number of rotatable bonds is 3. The number of aromatic nitrogens is 1. The molecule has 0 fully saturated rings. The molecule has 0 saturated heterocycles. The van der Waals surface area contributed by atoms with Crippen molar-refractivity contribution in [2.45, 2.75) is 13.3 Å². The zero-order chi connectivity index (χ0) is 14.8. The molecule has 0 saturated carbocycles. The largest absolute Gasteiger partial charge is 0.474 e. The highest BCUT2D eigenvalue weighted by Gasteiger charge is 2.22. The van der Waals surface area contributed by atoms with Crippen LogP contribution in [0, 0.1) is 6.92 Å². The van der Waals surface area contributed by atoms with E-state index < -0.39 is 0 Å². The topological polar surface area (TPSA) is 49.8 Å². The Hall–Kier alpha value is -2.30. The van der Waals surface area contributed by atoms with Crippen molar-refractivity contribution in [1.82, 2.24) is 4.98 Å². The van der Waals surface area contributed by atoms with Gasteiger partial charge in [0.05, 0.1) is 24.1 Å². The molecule has 0 amide bonds. The van der Waals surface area contributed by atoms with Crippen LogP contribution in [0.15, 0.2) is 35.1 Å². The summed E-state index contributed by atoms with van der Waals surface area (Å²) in [4.78, 5) is 10.9. The number of pyridine rings is 1. The minimum absolute atomic E-state index is 0.665. The van der Waals surface area contributed by atoms with E-state index in [9.17, 15) is 0 Å². The lowest BCUT2D eigenvalue weighted by molar-refractivity contribution is 0.310. The van der Waals surface area contributed by atoms with E-state index in [1.807, 2.05) is 12.3 Å². The molecule has 0 aromatic carbocycles. The third-order valence-electron chi connectivity index (χ3n) is 4.06. The van der Waals surface area contributed by atoms with Crippen LogP contribution in [0.3, 0.4) is 0 Å². The summed E-state index contributed by atoms with van der Waals surface area (Å²) < 4.78 is 5.58.